The maximum absolute atomic E-state index is 14.8. The molecule has 0 bridgehead atoms. The van der Waals surface area contributed by atoms with Gasteiger partial charge in [-0.25, -0.2) is 8.78 Å². The third-order valence-electron chi connectivity index (χ3n) is 4.77. The summed E-state index contributed by atoms with van der Waals surface area (Å²) in [4.78, 5) is 0. The van der Waals surface area contributed by atoms with E-state index in [1.165, 1.54) is 37.0 Å². The van der Waals surface area contributed by atoms with Crippen molar-refractivity contribution >= 4 is 10.8 Å². The van der Waals surface area contributed by atoms with Crippen LogP contribution >= 0.6 is 0 Å². The van der Waals surface area contributed by atoms with Crippen LogP contribution in [-0.4, -0.2) is 0 Å². The molecule has 0 atom stereocenters. The smallest absolute Gasteiger partial charge is 0.146 e. The molecule has 0 aliphatic rings. The second-order valence-electron chi connectivity index (χ2n) is 6.85. The summed E-state index contributed by atoms with van der Waals surface area (Å²) in [6.07, 6.45) is 5.82. The van der Waals surface area contributed by atoms with Gasteiger partial charge < -0.3 is 0 Å². The quantitative estimate of drug-likeness (QED) is 0.369. The third-order valence-corrected chi connectivity index (χ3v) is 4.77. The fourth-order valence-corrected chi connectivity index (χ4v) is 3.17. The second-order valence-corrected chi connectivity index (χ2v) is 6.85. The van der Waals surface area contributed by atoms with E-state index in [-0.39, 0.29) is 16.9 Å². The molecule has 1 nitrogen and oxygen atoms in total. The highest BCUT2D eigenvalue weighted by Gasteiger charge is 2.07. The number of nitrogens with zero attached hydrogens (tertiary/aromatic N) is 1. The van der Waals surface area contributed by atoms with E-state index in [1.54, 1.807) is 18.2 Å². The summed E-state index contributed by atoms with van der Waals surface area (Å²) >= 11 is 0. The normalized spacial score (nSPS) is 10.4. The van der Waals surface area contributed by atoms with E-state index in [9.17, 15) is 8.78 Å². The van der Waals surface area contributed by atoms with E-state index >= 15 is 0 Å². The average molecular weight is 373 g/mol. The molecule has 0 aromatic heterocycles. The predicted molar refractivity (Wildman–Crippen MR) is 109 cm³/mol. The Hall–Kier alpha value is -3.17. The summed E-state index contributed by atoms with van der Waals surface area (Å²) in [5, 5.41) is 10.2. The van der Waals surface area contributed by atoms with E-state index in [1.807, 2.05) is 24.3 Å². The maximum atomic E-state index is 14.8. The van der Waals surface area contributed by atoms with Crippen molar-refractivity contribution in [2.24, 2.45) is 0 Å². The Bertz CT molecular complexity index is 1100. The minimum atomic E-state index is -0.625. The van der Waals surface area contributed by atoms with Crippen molar-refractivity contribution in [3.63, 3.8) is 0 Å². The summed E-state index contributed by atoms with van der Waals surface area (Å²) in [5.74, 6) is 4.56. The van der Waals surface area contributed by atoms with Crippen molar-refractivity contribution in [2.75, 3.05) is 0 Å². The van der Waals surface area contributed by atoms with Gasteiger partial charge >= 0.3 is 0 Å². The first-order valence-electron chi connectivity index (χ1n) is 9.55. The van der Waals surface area contributed by atoms with Crippen LogP contribution in [0.4, 0.5) is 8.78 Å². The molecular formula is C25H21F2N. The van der Waals surface area contributed by atoms with E-state index in [2.05, 4.69) is 18.8 Å². The van der Waals surface area contributed by atoms with Crippen LogP contribution in [0.15, 0.2) is 48.5 Å². The molecule has 0 spiro atoms. The van der Waals surface area contributed by atoms with E-state index < -0.39 is 5.82 Å². The lowest BCUT2D eigenvalue weighted by atomic mass is 10.00. The number of hydrogen-bond donors (Lipinski definition) is 0. The van der Waals surface area contributed by atoms with Crippen molar-refractivity contribution in [2.45, 2.75) is 39.0 Å². The fourth-order valence-electron chi connectivity index (χ4n) is 3.17. The van der Waals surface area contributed by atoms with Crippen molar-refractivity contribution in [1.29, 1.82) is 5.26 Å². The van der Waals surface area contributed by atoms with Crippen LogP contribution in [0.5, 0.6) is 0 Å². The molecule has 28 heavy (non-hydrogen) atoms. The van der Waals surface area contributed by atoms with Gasteiger partial charge in [-0.3, -0.25) is 0 Å². The highest BCUT2D eigenvalue weighted by molar-refractivity contribution is 5.85. The van der Waals surface area contributed by atoms with Crippen LogP contribution < -0.4 is 0 Å². The van der Waals surface area contributed by atoms with Crippen LogP contribution in [0.2, 0.25) is 0 Å². The SMILES string of the molecule is CCCCCCc1ccc2c(F)c(C#Cc3ccc(C#N)c(F)c3)ccc2c1. The third kappa shape index (κ3) is 4.56. The largest absolute Gasteiger partial charge is 0.206 e. The summed E-state index contributed by atoms with van der Waals surface area (Å²) in [6, 6.07) is 15.2. The summed E-state index contributed by atoms with van der Waals surface area (Å²) in [7, 11) is 0. The number of unbranched alkanes of at least 4 members (excludes halogenated alkanes) is 3. The Kier molecular flexibility index (Phi) is 6.41. The maximum Gasteiger partial charge on any atom is 0.146 e. The van der Waals surface area contributed by atoms with Crippen molar-refractivity contribution in [3.05, 3.63) is 82.4 Å². The molecule has 0 heterocycles. The molecule has 3 aromatic rings. The van der Waals surface area contributed by atoms with Gasteiger partial charge in [-0.05, 0) is 48.1 Å². The van der Waals surface area contributed by atoms with Crippen LogP contribution in [0, 0.1) is 34.8 Å². The lowest BCUT2D eigenvalue weighted by Gasteiger charge is -2.06. The van der Waals surface area contributed by atoms with E-state index in [0.717, 1.165) is 18.2 Å². The first kappa shape index (κ1) is 19.6. The Morgan fingerprint density at radius 2 is 1.68 bits per heavy atom. The Morgan fingerprint density at radius 1 is 0.857 bits per heavy atom. The van der Waals surface area contributed by atoms with Crippen molar-refractivity contribution in [3.8, 4) is 17.9 Å². The minimum Gasteiger partial charge on any atom is -0.206 e. The number of halogens is 2. The molecule has 140 valence electrons. The second kappa shape index (κ2) is 9.16. The molecule has 0 saturated carbocycles. The lowest BCUT2D eigenvalue weighted by molar-refractivity contribution is 0.623. The van der Waals surface area contributed by atoms with E-state index in [0.29, 0.717) is 10.9 Å². The van der Waals surface area contributed by atoms with Gasteiger partial charge in [0.15, 0.2) is 0 Å². The van der Waals surface area contributed by atoms with Gasteiger partial charge in [-0.15, -0.1) is 0 Å². The average Bonchev–Trinajstić information content (AvgIpc) is 2.71. The number of aryl methyl sites for hydroxylation is 1. The molecule has 0 unspecified atom stereocenters. The lowest BCUT2D eigenvalue weighted by Crippen LogP contribution is -1.90. The van der Waals surface area contributed by atoms with Gasteiger partial charge in [-0.1, -0.05) is 62.3 Å². The molecule has 0 aliphatic carbocycles. The Balaban J connectivity index is 1.83. The van der Waals surface area contributed by atoms with Gasteiger partial charge in [0.05, 0.1) is 11.1 Å². The molecular weight excluding hydrogens is 352 g/mol. The zero-order valence-electron chi connectivity index (χ0n) is 15.9. The van der Waals surface area contributed by atoms with Gasteiger partial charge in [0.2, 0.25) is 0 Å². The van der Waals surface area contributed by atoms with Gasteiger partial charge in [0.25, 0.3) is 0 Å². The highest BCUT2D eigenvalue weighted by Crippen LogP contribution is 2.23. The molecule has 0 aliphatic heterocycles. The van der Waals surface area contributed by atoms with Crippen LogP contribution in [0.3, 0.4) is 0 Å². The molecule has 3 rings (SSSR count). The van der Waals surface area contributed by atoms with Gasteiger partial charge in [0.1, 0.15) is 17.7 Å². The molecule has 3 aromatic carbocycles. The Labute approximate surface area is 164 Å². The topological polar surface area (TPSA) is 23.8 Å². The van der Waals surface area contributed by atoms with Crippen molar-refractivity contribution < 1.29 is 8.78 Å². The first-order valence-corrected chi connectivity index (χ1v) is 9.55. The number of rotatable bonds is 5. The number of benzene rings is 3. The molecule has 3 heteroatoms. The van der Waals surface area contributed by atoms with Gasteiger partial charge in [-0.2, -0.15) is 5.26 Å². The first-order chi connectivity index (χ1) is 13.6. The number of nitriles is 1. The number of fused-ring (bicyclic) bond motifs is 1. The fraction of sp³-hybridized carbons (Fsp3) is 0.240. The van der Waals surface area contributed by atoms with Crippen LogP contribution in [0.1, 0.15) is 54.9 Å². The predicted octanol–water partition coefficient (Wildman–Crippen LogP) is 6.51. The highest BCUT2D eigenvalue weighted by atomic mass is 19.1. The number of hydrogen-bond acceptors (Lipinski definition) is 1. The monoisotopic (exact) mass is 373 g/mol. The zero-order chi connectivity index (χ0) is 19.9. The van der Waals surface area contributed by atoms with Crippen LogP contribution in [-0.2, 0) is 6.42 Å². The zero-order valence-corrected chi connectivity index (χ0v) is 15.9. The van der Waals surface area contributed by atoms with E-state index in [4.69, 9.17) is 5.26 Å². The molecule has 0 N–H and O–H groups in total. The molecule has 0 amide bonds. The molecule has 0 fully saturated rings. The van der Waals surface area contributed by atoms with Crippen LogP contribution in [0.25, 0.3) is 10.8 Å². The standard InChI is InChI=1S/C25H21F2N/c1-2-3-4-5-6-18-9-14-23-21(15-18)13-12-20(25(23)27)10-7-19-8-11-22(17-28)24(26)16-19/h8-9,11-16H,2-6H2,1H3. The minimum absolute atomic E-state index is 0.0343. The molecule has 0 radical (unpaired) electrons. The van der Waals surface area contributed by atoms with Gasteiger partial charge in [0, 0.05) is 10.9 Å². The Morgan fingerprint density at radius 3 is 2.43 bits per heavy atom. The molecule has 0 saturated heterocycles. The summed E-state index contributed by atoms with van der Waals surface area (Å²) in [6.45, 7) is 2.19. The van der Waals surface area contributed by atoms with Crippen molar-refractivity contribution in [1.82, 2.24) is 0 Å². The summed E-state index contributed by atoms with van der Waals surface area (Å²) in [5.41, 5.74) is 1.86. The summed E-state index contributed by atoms with van der Waals surface area (Å²) < 4.78 is 28.5.